The molecule has 0 heterocycles. The summed E-state index contributed by atoms with van der Waals surface area (Å²) in [5.74, 6) is 0.519. The van der Waals surface area contributed by atoms with Gasteiger partial charge in [-0.05, 0) is 42.1 Å². The Morgan fingerprint density at radius 3 is 2.54 bits per heavy atom. The summed E-state index contributed by atoms with van der Waals surface area (Å²) in [5, 5.41) is 0. The van der Waals surface area contributed by atoms with Crippen molar-refractivity contribution in [1.82, 2.24) is 0 Å². The van der Waals surface area contributed by atoms with E-state index in [2.05, 4.69) is 26.0 Å². The standard InChI is InChI=1S/C11H18N2/c1-8(2)11-7-10(13)4-3-9(11)5-6-12/h3-4,7-8H,5-6,12-13H2,1-2H3. The zero-order valence-corrected chi connectivity index (χ0v) is 8.38. The lowest BCUT2D eigenvalue weighted by Crippen LogP contribution is -2.06. The topological polar surface area (TPSA) is 52.0 Å². The Bertz CT molecular complexity index is 279. The van der Waals surface area contributed by atoms with Crippen molar-refractivity contribution in [3.05, 3.63) is 29.3 Å². The molecule has 0 spiro atoms. The van der Waals surface area contributed by atoms with Gasteiger partial charge in [0.1, 0.15) is 0 Å². The second kappa shape index (κ2) is 4.28. The first-order valence-corrected chi connectivity index (χ1v) is 4.73. The maximum Gasteiger partial charge on any atom is 0.0317 e. The number of benzene rings is 1. The molecule has 0 bridgehead atoms. The number of nitrogens with two attached hydrogens (primary N) is 2. The van der Waals surface area contributed by atoms with Gasteiger partial charge in [-0.25, -0.2) is 0 Å². The lowest BCUT2D eigenvalue weighted by atomic mass is 9.95. The number of nitrogen functional groups attached to an aromatic ring is 1. The molecule has 1 aromatic rings. The molecular weight excluding hydrogens is 160 g/mol. The highest BCUT2D eigenvalue weighted by Gasteiger charge is 2.05. The van der Waals surface area contributed by atoms with E-state index in [-0.39, 0.29) is 0 Å². The van der Waals surface area contributed by atoms with Crippen LogP contribution < -0.4 is 11.5 Å². The number of hydrogen-bond acceptors (Lipinski definition) is 2. The van der Waals surface area contributed by atoms with E-state index in [9.17, 15) is 0 Å². The van der Waals surface area contributed by atoms with Crippen LogP contribution in [0.15, 0.2) is 18.2 Å². The molecule has 72 valence electrons. The summed E-state index contributed by atoms with van der Waals surface area (Å²) in [6.07, 6.45) is 0.938. The van der Waals surface area contributed by atoms with E-state index in [4.69, 9.17) is 11.5 Å². The molecule has 0 aliphatic rings. The van der Waals surface area contributed by atoms with Crippen LogP contribution in [0, 0.1) is 0 Å². The highest BCUT2D eigenvalue weighted by Crippen LogP contribution is 2.22. The van der Waals surface area contributed by atoms with Crippen molar-refractivity contribution in [3.8, 4) is 0 Å². The molecule has 1 rings (SSSR count). The van der Waals surface area contributed by atoms with Gasteiger partial charge in [-0.2, -0.15) is 0 Å². The zero-order valence-electron chi connectivity index (χ0n) is 8.38. The lowest BCUT2D eigenvalue weighted by molar-refractivity contribution is 0.832. The number of rotatable bonds is 3. The van der Waals surface area contributed by atoms with Gasteiger partial charge in [-0.3, -0.25) is 0 Å². The zero-order chi connectivity index (χ0) is 9.84. The molecule has 2 heteroatoms. The van der Waals surface area contributed by atoms with Gasteiger partial charge in [0.25, 0.3) is 0 Å². The van der Waals surface area contributed by atoms with Crippen LogP contribution in [-0.4, -0.2) is 6.54 Å². The Balaban J connectivity index is 3.03. The van der Waals surface area contributed by atoms with Crippen LogP contribution in [0.25, 0.3) is 0 Å². The van der Waals surface area contributed by atoms with E-state index in [0.717, 1.165) is 12.1 Å². The van der Waals surface area contributed by atoms with Gasteiger partial charge >= 0.3 is 0 Å². The van der Waals surface area contributed by atoms with Crippen LogP contribution >= 0.6 is 0 Å². The van der Waals surface area contributed by atoms with Crippen molar-refractivity contribution >= 4 is 5.69 Å². The minimum Gasteiger partial charge on any atom is -0.399 e. The van der Waals surface area contributed by atoms with Gasteiger partial charge in [-0.1, -0.05) is 19.9 Å². The molecule has 2 nitrogen and oxygen atoms in total. The third kappa shape index (κ3) is 2.46. The summed E-state index contributed by atoms with van der Waals surface area (Å²) in [5.41, 5.74) is 14.8. The predicted molar refractivity (Wildman–Crippen MR) is 57.7 cm³/mol. The molecule has 13 heavy (non-hydrogen) atoms. The summed E-state index contributed by atoms with van der Waals surface area (Å²) in [7, 11) is 0. The molecule has 1 aromatic carbocycles. The van der Waals surface area contributed by atoms with E-state index in [1.807, 2.05) is 6.07 Å². The van der Waals surface area contributed by atoms with E-state index < -0.39 is 0 Å². The van der Waals surface area contributed by atoms with Gasteiger partial charge in [-0.15, -0.1) is 0 Å². The number of hydrogen-bond donors (Lipinski definition) is 2. The highest BCUT2D eigenvalue weighted by molar-refractivity contribution is 5.46. The summed E-state index contributed by atoms with van der Waals surface area (Å²) >= 11 is 0. The molecule has 0 unspecified atom stereocenters. The predicted octanol–water partition coefficient (Wildman–Crippen LogP) is 1.89. The van der Waals surface area contributed by atoms with Crippen molar-refractivity contribution < 1.29 is 0 Å². The first-order valence-electron chi connectivity index (χ1n) is 4.73. The smallest absolute Gasteiger partial charge is 0.0317 e. The fourth-order valence-corrected chi connectivity index (χ4v) is 1.53. The Hall–Kier alpha value is -1.02. The van der Waals surface area contributed by atoms with Crippen LogP contribution in [0.2, 0.25) is 0 Å². The van der Waals surface area contributed by atoms with Gasteiger partial charge in [0, 0.05) is 5.69 Å². The molecule has 0 amide bonds. The van der Waals surface area contributed by atoms with Crippen molar-refractivity contribution in [3.63, 3.8) is 0 Å². The molecule has 0 saturated carbocycles. The molecule has 0 fully saturated rings. The van der Waals surface area contributed by atoms with Crippen molar-refractivity contribution in [1.29, 1.82) is 0 Å². The molecule has 0 radical (unpaired) electrons. The van der Waals surface area contributed by atoms with Crippen LogP contribution in [0.3, 0.4) is 0 Å². The van der Waals surface area contributed by atoms with Crippen molar-refractivity contribution in [2.24, 2.45) is 5.73 Å². The van der Waals surface area contributed by atoms with Crippen LogP contribution in [0.5, 0.6) is 0 Å². The largest absolute Gasteiger partial charge is 0.399 e. The molecular formula is C11H18N2. The third-order valence-electron chi connectivity index (χ3n) is 2.21. The average molecular weight is 178 g/mol. The fraction of sp³-hybridized carbons (Fsp3) is 0.455. The van der Waals surface area contributed by atoms with E-state index >= 15 is 0 Å². The van der Waals surface area contributed by atoms with Crippen LogP contribution in [-0.2, 0) is 6.42 Å². The molecule has 4 N–H and O–H groups in total. The monoisotopic (exact) mass is 178 g/mol. The maximum atomic E-state index is 5.73. The Morgan fingerprint density at radius 2 is 2.00 bits per heavy atom. The minimum absolute atomic E-state index is 0.519. The Kier molecular flexibility index (Phi) is 3.32. The average Bonchev–Trinajstić information content (AvgIpc) is 2.08. The SMILES string of the molecule is CC(C)c1cc(N)ccc1CCN. The summed E-state index contributed by atoms with van der Waals surface area (Å²) in [6, 6.07) is 6.07. The molecule has 0 aliphatic heterocycles. The van der Waals surface area contributed by atoms with E-state index in [1.165, 1.54) is 11.1 Å². The normalized spacial score (nSPS) is 10.8. The van der Waals surface area contributed by atoms with Crippen LogP contribution in [0.1, 0.15) is 30.9 Å². The van der Waals surface area contributed by atoms with Gasteiger partial charge in [0.2, 0.25) is 0 Å². The molecule has 0 atom stereocenters. The van der Waals surface area contributed by atoms with Crippen molar-refractivity contribution in [2.45, 2.75) is 26.2 Å². The molecule has 0 aromatic heterocycles. The number of anilines is 1. The van der Waals surface area contributed by atoms with Crippen LogP contribution in [0.4, 0.5) is 5.69 Å². The summed E-state index contributed by atoms with van der Waals surface area (Å²) < 4.78 is 0. The highest BCUT2D eigenvalue weighted by atomic mass is 14.5. The maximum absolute atomic E-state index is 5.73. The second-order valence-corrected chi connectivity index (χ2v) is 3.65. The lowest BCUT2D eigenvalue weighted by Gasteiger charge is -2.12. The summed E-state index contributed by atoms with van der Waals surface area (Å²) in [4.78, 5) is 0. The van der Waals surface area contributed by atoms with Gasteiger partial charge < -0.3 is 11.5 Å². The fourth-order valence-electron chi connectivity index (χ4n) is 1.53. The quantitative estimate of drug-likeness (QED) is 0.694. The molecule has 0 saturated heterocycles. The van der Waals surface area contributed by atoms with E-state index in [0.29, 0.717) is 12.5 Å². The Morgan fingerprint density at radius 1 is 1.31 bits per heavy atom. The first kappa shape index (κ1) is 10.1. The Labute approximate surface area is 79.9 Å². The summed E-state index contributed by atoms with van der Waals surface area (Å²) in [6.45, 7) is 5.05. The van der Waals surface area contributed by atoms with Gasteiger partial charge in [0.05, 0.1) is 0 Å². The van der Waals surface area contributed by atoms with E-state index in [1.54, 1.807) is 0 Å². The first-order chi connectivity index (χ1) is 6.15. The second-order valence-electron chi connectivity index (χ2n) is 3.65. The molecule has 0 aliphatic carbocycles. The van der Waals surface area contributed by atoms with Gasteiger partial charge in [0.15, 0.2) is 0 Å². The van der Waals surface area contributed by atoms with Crippen molar-refractivity contribution in [2.75, 3.05) is 12.3 Å². The third-order valence-corrected chi connectivity index (χ3v) is 2.21. The minimum atomic E-state index is 0.519.